The van der Waals surface area contributed by atoms with Gasteiger partial charge in [-0.3, -0.25) is 0 Å². The van der Waals surface area contributed by atoms with Gasteiger partial charge in [-0.05, 0) is 43.5 Å². The summed E-state index contributed by atoms with van der Waals surface area (Å²) in [5.74, 6) is -0.214. The van der Waals surface area contributed by atoms with Crippen LogP contribution in [-0.2, 0) is 4.74 Å². The van der Waals surface area contributed by atoms with Crippen LogP contribution in [0, 0.1) is 5.82 Å². The average Bonchev–Trinajstić information content (AvgIpc) is 2.32. The third-order valence-electron chi connectivity index (χ3n) is 2.92. The zero-order chi connectivity index (χ0) is 12.3. The molecule has 1 aromatic carbocycles. The van der Waals surface area contributed by atoms with Gasteiger partial charge in [-0.25, -0.2) is 4.39 Å². The van der Waals surface area contributed by atoms with E-state index >= 15 is 0 Å². The standard InChI is InChI=1S/C13H18FNOS/c1-9(15)12-8-10(14)2-3-13(12)17-11-4-6-16-7-5-11/h2-3,8-9,11H,4-7,15H2,1H3/t9-/m0/s1. The molecule has 1 heterocycles. The summed E-state index contributed by atoms with van der Waals surface area (Å²) in [6.07, 6.45) is 2.11. The maximum Gasteiger partial charge on any atom is 0.123 e. The summed E-state index contributed by atoms with van der Waals surface area (Å²) in [5, 5.41) is 0.562. The Morgan fingerprint density at radius 1 is 1.41 bits per heavy atom. The van der Waals surface area contributed by atoms with Gasteiger partial charge in [0.1, 0.15) is 5.82 Å². The summed E-state index contributed by atoms with van der Waals surface area (Å²) in [6, 6.07) is 4.77. The van der Waals surface area contributed by atoms with Crippen LogP contribution >= 0.6 is 11.8 Å². The Balaban J connectivity index is 2.13. The van der Waals surface area contributed by atoms with Crippen molar-refractivity contribution in [2.75, 3.05) is 13.2 Å². The van der Waals surface area contributed by atoms with E-state index in [1.54, 1.807) is 17.8 Å². The Morgan fingerprint density at radius 2 is 2.12 bits per heavy atom. The van der Waals surface area contributed by atoms with Crippen LogP contribution < -0.4 is 5.73 Å². The Morgan fingerprint density at radius 3 is 2.76 bits per heavy atom. The Kier molecular flexibility index (Phi) is 4.42. The molecule has 0 saturated carbocycles. The molecule has 0 spiro atoms. The van der Waals surface area contributed by atoms with Crippen molar-refractivity contribution in [3.8, 4) is 0 Å². The van der Waals surface area contributed by atoms with Crippen molar-refractivity contribution in [2.45, 2.75) is 36.0 Å². The lowest BCUT2D eigenvalue weighted by molar-refractivity contribution is 0.1000. The highest BCUT2D eigenvalue weighted by Gasteiger charge is 2.17. The lowest BCUT2D eigenvalue weighted by Crippen LogP contribution is -2.18. The smallest absolute Gasteiger partial charge is 0.123 e. The Bertz CT molecular complexity index is 378. The highest BCUT2D eigenvalue weighted by molar-refractivity contribution is 8.00. The van der Waals surface area contributed by atoms with Crippen LogP contribution in [0.25, 0.3) is 0 Å². The first-order valence-electron chi connectivity index (χ1n) is 5.96. The van der Waals surface area contributed by atoms with Gasteiger partial charge in [0, 0.05) is 29.4 Å². The molecule has 1 aromatic rings. The van der Waals surface area contributed by atoms with Crippen molar-refractivity contribution >= 4 is 11.8 Å². The zero-order valence-electron chi connectivity index (χ0n) is 9.99. The lowest BCUT2D eigenvalue weighted by atomic mass is 10.1. The molecule has 1 aliphatic heterocycles. The summed E-state index contributed by atoms with van der Waals surface area (Å²) < 4.78 is 18.5. The van der Waals surface area contributed by atoms with Crippen LogP contribution in [0.5, 0.6) is 0 Å². The van der Waals surface area contributed by atoms with Crippen LogP contribution in [0.4, 0.5) is 4.39 Å². The first-order chi connectivity index (χ1) is 8.16. The van der Waals surface area contributed by atoms with Crippen molar-refractivity contribution < 1.29 is 9.13 Å². The summed E-state index contributed by atoms with van der Waals surface area (Å²) in [7, 11) is 0. The van der Waals surface area contributed by atoms with E-state index in [1.165, 1.54) is 6.07 Å². The molecule has 2 N–H and O–H groups in total. The SMILES string of the molecule is C[C@H](N)c1cc(F)ccc1SC1CCOCC1. The highest BCUT2D eigenvalue weighted by Crippen LogP contribution is 2.34. The summed E-state index contributed by atoms with van der Waals surface area (Å²) >= 11 is 1.80. The van der Waals surface area contributed by atoms with Gasteiger partial charge >= 0.3 is 0 Å². The monoisotopic (exact) mass is 255 g/mol. The number of hydrogen-bond acceptors (Lipinski definition) is 3. The Hall–Kier alpha value is -0.580. The minimum atomic E-state index is -0.214. The molecule has 17 heavy (non-hydrogen) atoms. The lowest BCUT2D eigenvalue weighted by Gasteiger charge is -2.23. The molecule has 2 nitrogen and oxygen atoms in total. The van der Waals surface area contributed by atoms with Crippen LogP contribution in [0.3, 0.4) is 0 Å². The quantitative estimate of drug-likeness (QED) is 0.901. The van der Waals surface area contributed by atoms with Gasteiger partial charge < -0.3 is 10.5 Å². The van der Waals surface area contributed by atoms with E-state index in [1.807, 2.05) is 13.0 Å². The Labute approximate surface area is 106 Å². The zero-order valence-corrected chi connectivity index (χ0v) is 10.8. The fourth-order valence-corrected chi connectivity index (χ4v) is 3.27. The van der Waals surface area contributed by atoms with Gasteiger partial charge in [0.15, 0.2) is 0 Å². The number of thioether (sulfide) groups is 1. The van der Waals surface area contributed by atoms with Crippen molar-refractivity contribution in [3.05, 3.63) is 29.6 Å². The van der Waals surface area contributed by atoms with Crippen molar-refractivity contribution in [2.24, 2.45) is 5.73 Å². The fourth-order valence-electron chi connectivity index (χ4n) is 1.96. The number of rotatable bonds is 3. The van der Waals surface area contributed by atoms with Gasteiger partial charge in [-0.15, -0.1) is 11.8 Å². The van der Waals surface area contributed by atoms with Crippen molar-refractivity contribution in [3.63, 3.8) is 0 Å². The van der Waals surface area contributed by atoms with E-state index < -0.39 is 0 Å². The molecule has 1 aliphatic rings. The molecule has 1 saturated heterocycles. The van der Waals surface area contributed by atoms with Gasteiger partial charge in [-0.2, -0.15) is 0 Å². The molecule has 0 bridgehead atoms. The molecule has 94 valence electrons. The van der Waals surface area contributed by atoms with Crippen LogP contribution in [0.15, 0.2) is 23.1 Å². The minimum Gasteiger partial charge on any atom is -0.381 e. The molecular weight excluding hydrogens is 237 g/mol. The van der Waals surface area contributed by atoms with Crippen molar-refractivity contribution in [1.82, 2.24) is 0 Å². The molecule has 1 fully saturated rings. The molecular formula is C13H18FNOS. The number of ether oxygens (including phenoxy) is 1. The third kappa shape index (κ3) is 3.44. The van der Waals surface area contributed by atoms with Crippen LogP contribution in [-0.4, -0.2) is 18.5 Å². The largest absolute Gasteiger partial charge is 0.381 e. The topological polar surface area (TPSA) is 35.2 Å². The van der Waals surface area contributed by atoms with Crippen molar-refractivity contribution in [1.29, 1.82) is 0 Å². The minimum absolute atomic E-state index is 0.131. The molecule has 0 aliphatic carbocycles. The van der Waals surface area contributed by atoms with E-state index in [0.29, 0.717) is 5.25 Å². The second kappa shape index (κ2) is 5.85. The van der Waals surface area contributed by atoms with E-state index in [4.69, 9.17) is 10.5 Å². The predicted octanol–water partition coefficient (Wildman–Crippen LogP) is 3.12. The van der Waals surface area contributed by atoms with E-state index in [9.17, 15) is 4.39 Å². The van der Waals surface area contributed by atoms with E-state index in [-0.39, 0.29) is 11.9 Å². The van der Waals surface area contributed by atoms with E-state index in [2.05, 4.69) is 0 Å². The van der Waals surface area contributed by atoms with Gasteiger partial charge in [0.2, 0.25) is 0 Å². The predicted molar refractivity (Wildman–Crippen MR) is 68.7 cm³/mol. The second-order valence-corrected chi connectivity index (χ2v) is 5.74. The molecule has 4 heteroatoms. The number of nitrogens with two attached hydrogens (primary N) is 1. The molecule has 0 unspecified atom stereocenters. The average molecular weight is 255 g/mol. The first kappa shape index (κ1) is 12.9. The van der Waals surface area contributed by atoms with E-state index in [0.717, 1.165) is 36.5 Å². The summed E-state index contributed by atoms with van der Waals surface area (Å²) in [6.45, 7) is 3.54. The molecule has 1 atom stereocenters. The first-order valence-corrected chi connectivity index (χ1v) is 6.84. The number of benzene rings is 1. The maximum atomic E-state index is 13.2. The van der Waals surface area contributed by atoms with Gasteiger partial charge in [0.25, 0.3) is 0 Å². The van der Waals surface area contributed by atoms with Gasteiger partial charge in [0.05, 0.1) is 0 Å². The molecule has 0 aromatic heterocycles. The second-order valence-electron chi connectivity index (χ2n) is 4.40. The normalized spacial score (nSPS) is 19.2. The summed E-state index contributed by atoms with van der Waals surface area (Å²) in [5.41, 5.74) is 6.79. The fraction of sp³-hybridized carbons (Fsp3) is 0.538. The van der Waals surface area contributed by atoms with Crippen LogP contribution in [0.2, 0.25) is 0 Å². The molecule has 0 amide bonds. The number of hydrogen-bond donors (Lipinski definition) is 1. The van der Waals surface area contributed by atoms with Crippen LogP contribution in [0.1, 0.15) is 31.4 Å². The summed E-state index contributed by atoms with van der Waals surface area (Å²) in [4.78, 5) is 1.10. The highest BCUT2D eigenvalue weighted by atomic mass is 32.2. The molecule has 2 rings (SSSR count). The molecule has 0 radical (unpaired) electrons. The van der Waals surface area contributed by atoms with Gasteiger partial charge in [-0.1, -0.05) is 0 Å². The number of halogens is 1. The maximum absolute atomic E-state index is 13.2. The third-order valence-corrected chi connectivity index (χ3v) is 4.35.